The van der Waals surface area contributed by atoms with Crippen LogP contribution in [0.4, 0.5) is 14.9 Å². The Labute approximate surface area is 276 Å². The lowest BCUT2D eigenvalue weighted by Gasteiger charge is -2.21. The molecular formula is C32H37FN8O7. The number of benzene rings is 2. The molecule has 0 bridgehead atoms. The third-order valence-electron chi connectivity index (χ3n) is 6.34. The summed E-state index contributed by atoms with van der Waals surface area (Å²) in [6.45, 7) is 7.02. The van der Waals surface area contributed by atoms with E-state index in [1.54, 1.807) is 30.3 Å². The molecule has 1 atom stereocenters. The van der Waals surface area contributed by atoms with Crippen molar-refractivity contribution in [3.63, 3.8) is 0 Å². The van der Waals surface area contributed by atoms with E-state index in [1.807, 2.05) is 20.8 Å². The first kappa shape index (κ1) is 35.1. The van der Waals surface area contributed by atoms with Gasteiger partial charge in [0.2, 0.25) is 0 Å². The van der Waals surface area contributed by atoms with Gasteiger partial charge in [0.05, 0.1) is 20.8 Å². The number of aromatic nitrogens is 5. The Kier molecular flexibility index (Phi) is 11.4. The van der Waals surface area contributed by atoms with Gasteiger partial charge < -0.3 is 34.7 Å². The van der Waals surface area contributed by atoms with Crippen LogP contribution in [0.15, 0.2) is 59.9 Å². The standard InChI is InChI=1S/C32H37FN8O7/c1-19(42)46-14-15-47-24-17-22(44-5)16-23(25(24)33)26(28-39-30(45-6)41(40-28)29-35-12-7-13-36-29)37-21-10-8-20(9-11-21)27(34)38-31(43)48-18-32(2,3)4/h7-13,16-17,26,37H,14-15,18H2,1-6H3,(H2,34,38,43)/t26-/m1/s1. The van der Waals surface area contributed by atoms with Gasteiger partial charge in [-0.1, -0.05) is 20.8 Å². The summed E-state index contributed by atoms with van der Waals surface area (Å²) < 4.78 is 44.1. The van der Waals surface area contributed by atoms with Gasteiger partial charge in [0.15, 0.2) is 17.4 Å². The van der Waals surface area contributed by atoms with Crippen LogP contribution in [0.25, 0.3) is 5.95 Å². The van der Waals surface area contributed by atoms with Crippen LogP contribution in [0.1, 0.15) is 50.7 Å². The van der Waals surface area contributed by atoms with Crippen molar-refractivity contribution in [1.29, 1.82) is 0 Å². The second kappa shape index (κ2) is 15.7. The van der Waals surface area contributed by atoms with E-state index in [9.17, 15) is 9.59 Å². The summed E-state index contributed by atoms with van der Waals surface area (Å²) in [4.78, 5) is 40.1. The molecule has 0 aliphatic carbocycles. The molecule has 0 aliphatic rings. The normalized spacial score (nSPS) is 12.2. The second-order valence-corrected chi connectivity index (χ2v) is 11.4. The Bertz CT molecular complexity index is 1740. The zero-order valence-corrected chi connectivity index (χ0v) is 27.4. The van der Waals surface area contributed by atoms with Gasteiger partial charge in [-0.25, -0.2) is 19.2 Å². The maximum Gasteiger partial charge on any atom is 0.435 e. The van der Waals surface area contributed by atoms with Gasteiger partial charge in [-0.3, -0.25) is 4.79 Å². The van der Waals surface area contributed by atoms with Crippen LogP contribution in [-0.2, 0) is 14.3 Å². The number of nitrogens with zero attached hydrogens (tertiary/aromatic N) is 6. The number of ether oxygens (including phenoxy) is 5. The average Bonchev–Trinajstić information content (AvgIpc) is 3.50. The first-order valence-corrected chi connectivity index (χ1v) is 14.7. The van der Waals surface area contributed by atoms with Gasteiger partial charge in [-0.15, -0.1) is 9.78 Å². The lowest BCUT2D eigenvalue weighted by atomic mass is 9.99. The number of halogens is 1. The number of carbonyl (C=O) groups is 2. The number of amidine groups is 1. The highest BCUT2D eigenvalue weighted by Crippen LogP contribution is 2.36. The fraction of sp³-hybridized carbons (Fsp3) is 0.344. The van der Waals surface area contributed by atoms with Crippen LogP contribution in [-0.4, -0.2) is 76.7 Å². The lowest BCUT2D eigenvalue weighted by Crippen LogP contribution is -2.20. The Morgan fingerprint density at radius 2 is 1.75 bits per heavy atom. The lowest BCUT2D eigenvalue weighted by molar-refractivity contribution is -0.141. The number of nitrogens with one attached hydrogen (secondary N) is 1. The molecule has 0 spiro atoms. The number of aliphatic imine (C=N–C) groups is 1. The van der Waals surface area contributed by atoms with Crippen molar-refractivity contribution in [2.75, 3.05) is 39.4 Å². The number of amides is 1. The Morgan fingerprint density at radius 1 is 1.04 bits per heavy atom. The van der Waals surface area contributed by atoms with Crippen LogP contribution in [0.2, 0.25) is 0 Å². The van der Waals surface area contributed by atoms with Crippen molar-refractivity contribution in [3.05, 3.63) is 77.6 Å². The van der Waals surface area contributed by atoms with Gasteiger partial charge >= 0.3 is 18.1 Å². The SMILES string of the molecule is COc1cc(OCCOC(C)=O)c(F)c([C@@H](Nc2ccc(C(N)=NC(=O)OCC(C)(C)C)cc2)c2nc(OC)n(-c3ncccn3)n2)c1. The van der Waals surface area contributed by atoms with Crippen LogP contribution < -0.4 is 25.3 Å². The van der Waals surface area contributed by atoms with E-state index < -0.39 is 23.9 Å². The number of hydrogen-bond donors (Lipinski definition) is 2. The Balaban J connectivity index is 1.72. The molecular weight excluding hydrogens is 627 g/mol. The molecule has 2 aromatic carbocycles. The zero-order valence-electron chi connectivity index (χ0n) is 27.4. The molecule has 48 heavy (non-hydrogen) atoms. The van der Waals surface area contributed by atoms with Gasteiger partial charge in [0, 0.05) is 42.2 Å². The molecule has 4 rings (SSSR count). The van der Waals surface area contributed by atoms with Crippen LogP contribution in [0.3, 0.4) is 0 Å². The molecule has 4 aromatic rings. The van der Waals surface area contributed by atoms with E-state index >= 15 is 4.39 Å². The Hall–Kier alpha value is -5.80. The summed E-state index contributed by atoms with van der Waals surface area (Å²) in [7, 11) is 2.83. The van der Waals surface area contributed by atoms with Gasteiger partial charge in [0.25, 0.3) is 5.95 Å². The first-order chi connectivity index (χ1) is 22.9. The molecule has 3 N–H and O–H groups in total. The van der Waals surface area contributed by atoms with Gasteiger partial charge in [-0.05, 0) is 41.8 Å². The monoisotopic (exact) mass is 664 g/mol. The summed E-state index contributed by atoms with van der Waals surface area (Å²) in [5, 5.41) is 7.80. The first-order valence-electron chi connectivity index (χ1n) is 14.7. The number of anilines is 1. The third kappa shape index (κ3) is 9.37. The fourth-order valence-corrected chi connectivity index (χ4v) is 4.12. The number of hydrogen-bond acceptors (Lipinski definition) is 12. The smallest absolute Gasteiger partial charge is 0.435 e. The maximum absolute atomic E-state index is 16.2. The van der Waals surface area contributed by atoms with E-state index in [2.05, 4.69) is 30.4 Å². The number of esters is 1. The predicted molar refractivity (Wildman–Crippen MR) is 172 cm³/mol. The highest BCUT2D eigenvalue weighted by Gasteiger charge is 2.28. The number of nitrogens with two attached hydrogens (primary N) is 1. The minimum atomic E-state index is -1.06. The van der Waals surface area contributed by atoms with E-state index in [0.717, 1.165) is 0 Å². The van der Waals surface area contributed by atoms with E-state index in [1.165, 1.54) is 50.4 Å². The number of methoxy groups -OCH3 is 2. The van der Waals surface area contributed by atoms with Crippen molar-refractivity contribution in [1.82, 2.24) is 24.7 Å². The maximum atomic E-state index is 16.2. The summed E-state index contributed by atoms with van der Waals surface area (Å²) >= 11 is 0. The summed E-state index contributed by atoms with van der Waals surface area (Å²) in [5.41, 5.74) is 6.84. The molecule has 0 saturated carbocycles. The molecule has 15 nitrogen and oxygen atoms in total. The van der Waals surface area contributed by atoms with Crippen LogP contribution >= 0.6 is 0 Å². The largest absolute Gasteiger partial charge is 0.497 e. The molecule has 254 valence electrons. The minimum Gasteiger partial charge on any atom is -0.497 e. The molecule has 0 unspecified atom stereocenters. The topological polar surface area (TPSA) is 187 Å². The van der Waals surface area contributed by atoms with E-state index in [-0.39, 0.29) is 65.9 Å². The zero-order chi connectivity index (χ0) is 34.8. The molecule has 16 heteroatoms. The quantitative estimate of drug-likeness (QED) is 0.0895. The summed E-state index contributed by atoms with van der Waals surface area (Å²) in [5.74, 6) is -0.901. The molecule has 2 heterocycles. The van der Waals surface area contributed by atoms with Crippen molar-refractivity contribution < 1.29 is 37.7 Å². The molecule has 0 saturated heterocycles. The van der Waals surface area contributed by atoms with Crippen molar-refractivity contribution in [2.24, 2.45) is 16.1 Å². The number of carbonyl (C=O) groups excluding carboxylic acids is 2. The van der Waals surface area contributed by atoms with Crippen molar-refractivity contribution >= 4 is 23.6 Å². The molecule has 1 amide bonds. The van der Waals surface area contributed by atoms with Crippen molar-refractivity contribution in [2.45, 2.75) is 33.7 Å². The molecule has 0 aliphatic heterocycles. The third-order valence-corrected chi connectivity index (χ3v) is 6.34. The Morgan fingerprint density at radius 3 is 2.38 bits per heavy atom. The fourth-order valence-electron chi connectivity index (χ4n) is 4.12. The van der Waals surface area contributed by atoms with Gasteiger partial charge in [0.1, 0.15) is 30.8 Å². The molecule has 0 radical (unpaired) electrons. The highest BCUT2D eigenvalue weighted by atomic mass is 19.1. The molecule has 0 fully saturated rings. The molecule has 2 aromatic heterocycles. The van der Waals surface area contributed by atoms with Gasteiger partial charge in [-0.2, -0.15) is 9.98 Å². The average molecular weight is 665 g/mol. The second-order valence-electron chi connectivity index (χ2n) is 11.4. The van der Waals surface area contributed by atoms with Crippen molar-refractivity contribution in [3.8, 4) is 23.5 Å². The van der Waals surface area contributed by atoms with E-state index in [4.69, 9.17) is 29.4 Å². The predicted octanol–water partition coefficient (Wildman–Crippen LogP) is 4.25. The summed E-state index contributed by atoms with van der Waals surface area (Å²) in [6, 6.07) is 10.1. The van der Waals surface area contributed by atoms with Crippen LogP contribution in [0, 0.1) is 11.2 Å². The summed E-state index contributed by atoms with van der Waals surface area (Å²) in [6.07, 6.45) is 2.25. The minimum absolute atomic E-state index is 0.0422. The van der Waals surface area contributed by atoms with E-state index in [0.29, 0.717) is 11.3 Å². The number of rotatable bonds is 13. The van der Waals surface area contributed by atoms with Crippen LogP contribution in [0.5, 0.6) is 17.5 Å². The highest BCUT2D eigenvalue weighted by molar-refractivity contribution is 6.02.